The van der Waals surface area contributed by atoms with Gasteiger partial charge in [0, 0.05) is 17.8 Å². The van der Waals surface area contributed by atoms with Gasteiger partial charge in [0.2, 0.25) is 0 Å². The van der Waals surface area contributed by atoms with Gasteiger partial charge in [-0.2, -0.15) is 0 Å². The zero-order valence-corrected chi connectivity index (χ0v) is 11.4. The molecular formula is C15H24N2O. The van der Waals surface area contributed by atoms with Crippen LogP contribution in [0.3, 0.4) is 0 Å². The molecule has 0 saturated heterocycles. The van der Waals surface area contributed by atoms with Gasteiger partial charge in [-0.05, 0) is 43.7 Å². The highest BCUT2D eigenvalue weighted by Crippen LogP contribution is 2.30. The van der Waals surface area contributed by atoms with Gasteiger partial charge in [0.15, 0.2) is 0 Å². The number of benzene rings is 1. The zero-order chi connectivity index (χ0) is 13.0. The van der Waals surface area contributed by atoms with Crippen LogP contribution < -0.4 is 15.8 Å². The summed E-state index contributed by atoms with van der Waals surface area (Å²) in [6, 6.07) is 6.52. The molecule has 0 aromatic heterocycles. The Kier molecular flexibility index (Phi) is 4.34. The van der Waals surface area contributed by atoms with Crippen LogP contribution in [-0.4, -0.2) is 13.2 Å². The molecule has 100 valence electrons. The van der Waals surface area contributed by atoms with Crippen LogP contribution >= 0.6 is 0 Å². The van der Waals surface area contributed by atoms with Gasteiger partial charge in [0.05, 0.1) is 12.8 Å². The summed E-state index contributed by atoms with van der Waals surface area (Å²) in [4.78, 5) is 0. The minimum Gasteiger partial charge on any atom is -0.495 e. The Labute approximate surface area is 110 Å². The third-order valence-corrected chi connectivity index (χ3v) is 4.03. The summed E-state index contributed by atoms with van der Waals surface area (Å²) in [5.74, 6) is 1.69. The third kappa shape index (κ3) is 3.09. The van der Waals surface area contributed by atoms with Crippen LogP contribution in [0.15, 0.2) is 18.2 Å². The van der Waals surface area contributed by atoms with Crippen LogP contribution in [0, 0.1) is 5.92 Å². The van der Waals surface area contributed by atoms with Gasteiger partial charge in [-0.15, -0.1) is 0 Å². The topological polar surface area (TPSA) is 47.3 Å². The normalized spacial score (nSPS) is 23.7. The van der Waals surface area contributed by atoms with Crippen LogP contribution in [0.5, 0.6) is 5.75 Å². The van der Waals surface area contributed by atoms with Crippen molar-refractivity contribution < 1.29 is 4.74 Å². The van der Waals surface area contributed by atoms with E-state index >= 15 is 0 Å². The molecule has 0 unspecified atom stereocenters. The number of methoxy groups -OCH3 is 1. The molecule has 1 aliphatic carbocycles. The summed E-state index contributed by atoms with van der Waals surface area (Å²) in [5.41, 5.74) is 7.62. The first-order valence-electron chi connectivity index (χ1n) is 6.93. The van der Waals surface area contributed by atoms with Gasteiger partial charge >= 0.3 is 0 Å². The second-order valence-electron chi connectivity index (χ2n) is 5.23. The Morgan fingerprint density at radius 1 is 1.28 bits per heavy atom. The van der Waals surface area contributed by atoms with Gasteiger partial charge < -0.3 is 15.8 Å². The van der Waals surface area contributed by atoms with Crippen molar-refractivity contribution in [2.45, 2.75) is 45.1 Å². The van der Waals surface area contributed by atoms with Crippen LogP contribution in [0.2, 0.25) is 0 Å². The van der Waals surface area contributed by atoms with E-state index in [4.69, 9.17) is 10.5 Å². The molecule has 1 aromatic rings. The Morgan fingerprint density at radius 3 is 2.61 bits per heavy atom. The second kappa shape index (κ2) is 5.98. The quantitative estimate of drug-likeness (QED) is 0.799. The van der Waals surface area contributed by atoms with Crippen molar-refractivity contribution in [3.63, 3.8) is 0 Å². The average molecular weight is 248 g/mol. The first-order valence-corrected chi connectivity index (χ1v) is 6.93. The van der Waals surface area contributed by atoms with Crippen molar-refractivity contribution in [2.24, 2.45) is 5.92 Å². The van der Waals surface area contributed by atoms with E-state index in [0.717, 1.165) is 17.4 Å². The van der Waals surface area contributed by atoms with Crippen molar-refractivity contribution in [1.29, 1.82) is 0 Å². The molecule has 0 heterocycles. The lowest BCUT2D eigenvalue weighted by molar-refractivity contribution is 0.330. The lowest BCUT2D eigenvalue weighted by Gasteiger charge is -2.29. The molecule has 0 amide bonds. The lowest BCUT2D eigenvalue weighted by Crippen LogP contribution is -2.25. The molecule has 0 atom stereocenters. The van der Waals surface area contributed by atoms with E-state index < -0.39 is 0 Å². The maximum Gasteiger partial charge on any atom is 0.143 e. The maximum absolute atomic E-state index is 5.82. The number of rotatable bonds is 4. The van der Waals surface area contributed by atoms with E-state index in [1.165, 1.54) is 32.1 Å². The number of hydrogen-bond donors (Lipinski definition) is 2. The lowest BCUT2D eigenvalue weighted by atomic mass is 9.84. The predicted octanol–water partition coefficient (Wildman–Crippen LogP) is 3.66. The summed E-state index contributed by atoms with van der Waals surface area (Å²) < 4.78 is 5.24. The van der Waals surface area contributed by atoms with Crippen molar-refractivity contribution in [3.8, 4) is 5.75 Å². The van der Waals surface area contributed by atoms with Crippen molar-refractivity contribution in [1.82, 2.24) is 0 Å². The van der Waals surface area contributed by atoms with E-state index in [2.05, 4.69) is 12.2 Å². The SMILES string of the molecule is CCC1CCC(Nc2ccc(N)c(OC)c2)CC1. The molecule has 3 nitrogen and oxygen atoms in total. The van der Waals surface area contributed by atoms with Crippen molar-refractivity contribution in [2.75, 3.05) is 18.2 Å². The summed E-state index contributed by atoms with van der Waals surface area (Å²) in [6.45, 7) is 2.29. The summed E-state index contributed by atoms with van der Waals surface area (Å²) in [7, 11) is 1.65. The minimum atomic E-state index is 0.598. The number of nitrogens with two attached hydrogens (primary N) is 1. The summed E-state index contributed by atoms with van der Waals surface area (Å²) in [5, 5.41) is 3.59. The molecular weight excluding hydrogens is 224 g/mol. The molecule has 18 heavy (non-hydrogen) atoms. The zero-order valence-electron chi connectivity index (χ0n) is 11.4. The van der Waals surface area contributed by atoms with Crippen LogP contribution in [0.25, 0.3) is 0 Å². The van der Waals surface area contributed by atoms with Crippen LogP contribution in [0.1, 0.15) is 39.0 Å². The fraction of sp³-hybridized carbons (Fsp3) is 0.600. The summed E-state index contributed by atoms with van der Waals surface area (Å²) in [6.07, 6.45) is 6.55. The molecule has 2 rings (SSSR count). The number of hydrogen-bond acceptors (Lipinski definition) is 3. The molecule has 1 aromatic carbocycles. The number of anilines is 2. The van der Waals surface area contributed by atoms with E-state index in [1.54, 1.807) is 7.11 Å². The fourth-order valence-electron chi connectivity index (χ4n) is 2.75. The monoisotopic (exact) mass is 248 g/mol. The van der Waals surface area contributed by atoms with Gasteiger partial charge in [-0.1, -0.05) is 13.3 Å². The van der Waals surface area contributed by atoms with E-state index in [9.17, 15) is 0 Å². The first-order chi connectivity index (χ1) is 8.72. The molecule has 1 saturated carbocycles. The second-order valence-corrected chi connectivity index (χ2v) is 5.23. The fourth-order valence-corrected chi connectivity index (χ4v) is 2.75. The highest BCUT2D eigenvalue weighted by Gasteiger charge is 2.19. The highest BCUT2D eigenvalue weighted by molar-refractivity contribution is 5.61. The Hall–Kier alpha value is -1.38. The molecule has 1 aliphatic rings. The minimum absolute atomic E-state index is 0.598. The van der Waals surface area contributed by atoms with Gasteiger partial charge in [-0.3, -0.25) is 0 Å². The van der Waals surface area contributed by atoms with Gasteiger partial charge in [0.1, 0.15) is 5.75 Å². The van der Waals surface area contributed by atoms with Crippen LogP contribution in [0.4, 0.5) is 11.4 Å². The number of nitrogens with one attached hydrogen (secondary N) is 1. The number of ether oxygens (including phenoxy) is 1. The van der Waals surface area contributed by atoms with E-state index in [0.29, 0.717) is 11.7 Å². The van der Waals surface area contributed by atoms with Gasteiger partial charge in [0.25, 0.3) is 0 Å². The molecule has 0 bridgehead atoms. The maximum atomic E-state index is 5.82. The average Bonchev–Trinajstić information content (AvgIpc) is 2.42. The predicted molar refractivity (Wildman–Crippen MR) is 77.1 cm³/mol. The molecule has 0 radical (unpaired) electrons. The first kappa shape index (κ1) is 13.1. The summed E-state index contributed by atoms with van der Waals surface area (Å²) >= 11 is 0. The molecule has 0 aliphatic heterocycles. The molecule has 0 spiro atoms. The van der Waals surface area contributed by atoms with Crippen molar-refractivity contribution >= 4 is 11.4 Å². The van der Waals surface area contributed by atoms with E-state index in [-0.39, 0.29) is 0 Å². The largest absolute Gasteiger partial charge is 0.495 e. The Morgan fingerprint density at radius 2 is 2.00 bits per heavy atom. The van der Waals surface area contributed by atoms with E-state index in [1.807, 2.05) is 18.2 Å². The highest BCUT2D eigenvalue weighted by atomic mass is 16.5. The van der Waals surface area contributed by atoms with Crippen LogP contribution in [-0.2, 0) is 0 Å². The van der Waals surface area contributed by atoms with Crippen molar-refractivity contribution in [3.05, 3.63) is 18.2 Å². The number of nitrogen functional groups attached to an aromatic ring is 1. The standard InChI is InChI=1S/C15H24N2O/c1-3-11-4-6-12(7-5-11)17-13-8-9-14(16)15(10-13)18-2/h8-12,17H,3-7,16H2,1-2H3. The molecule has 3 heteroatoms. The Balaban J connectivity index is 1.94. The Bertz CT molecular complexity index is 384. The smallest absolute Gasteiger partial charge is 0.143 e. The third-order valence-electron chi connectivity index (χ3n) is 4.03. The molecule has 3 N–H and O–H groups in total. The molecule has 1 fully saturated rings. The van der Waals surface area contributed by atoms with Gasteiger partial charge in [-0.25, -0.2) is 0 Å².